The summed E-state index contributed by atoms with van der Waals surface area (Å²) in [6.07, 6.45) is 1.34. The van der Waals surface area contributed by atoms with Gasteiger partial charge in [-0.2, -0.15) is 0 Å². The van der Waals surface area contributed by atoms with E-state index in [2.05, 4.69) is 12.1 Å². The minimum atomic E-state index is -0.251. The fourth-order valence-corrected chi connectivity index (χ4v) is 4.75. The van der Waals surface area contributed by atoms with Gasteiger partial charge in [-0.25, -0.2) is 4.39 Å². The summed E-state index contributed by atoms with van der Waals surface area (Å²) < 4.78 is 20.1. The van der Waals surface area contributed by atoms with E-state index in [1.165, 1.54) is 11.6 Å². The first-order valence-electron chi connectivity index (χ1n) is 10.6. The molecule has 4 nitrogen and oxygen atoms in total. The molecule has 0 saturated heterocycles. The number of nitrogens with zero attached hydrogens (tertiary/aromatic N) is 1. The summed E-state index contributed by atoms with van der Waals surface area (Å²) in [4.78, 5) is 15.1. The van der Waals surface area contributed by atoms with Gasteiger partial charge in [-0.1, -0.05) is 36.4 Å². The van der Waals surface area contributed by atoms with Crippen LogP contribution in [0.1, 0.15) is 29.0 Å². The average molecular weight is 417 g/mol. The molecule has 1 N–H and O–H groups in total. The maximum absolute atomic E-state index is 14.6. The van der Waals surface area contributed by atoms with E-state index < -0.39 is 0 Å². The second-order valence-corrected chi connectivity index (χ2v) is 8.31. The van der Waals surface area contributed by atoms with E-state index in [1.54, 1.807) is 31.4 Å². The molecule has 158 valence electrons. The maximum atomic E-state index is 14.6. The van der Waals surface area contributed by atoms with Crippen molar-refractivity contribution in [1.29, 1.82) is 0 Å². The number of amides is 1. The van der Waals surface area contributed by atoms with Gasteiger partial charge in [-0.05, 0) is 65.3 Å². The summed E-state index contributed by atoms with van der Waals surface area (Å²) in [7, 11) is 1.57. The lowest BCUT2D eigenvalue weighted by atomic mass is 9.90. The van der Waals surface area contributed by atoms with E-state index in [9.17, 15) is 14.3 Å². The van der Waals surface area contributed by atoms with Crippen LogP contribution in [-0.2, 0) is 17.8 Å². The minimum Gasteiger partial charge on any atom is -0.508 e. The third kappa shape index (κ3) is 3.54. The lowest BCUT2D eigenvalue weighted by molar-refractivity contribution is -0.133. The zero-order chi connectivity index (χ0) is 21.5. The first kappa shape index (κ1) is 19.6. The lowest BCUT2D eigenvalue weighted by Gasteiger charge is -2.31. The summed E-state index contributed by atoms with van der Waals surface area (Å²) >= 11 is 0. The number of methoxy groups -OCH3 is 1. The predicted molar refractivity (Wildman–Crippen MR) is 116 cm³/mol. The number of fused-ring (bicyclic) bond motifs is 1. The van der Waals surface area contributed by atoms with Gasteiger partial charge in [0.25, 0.3) is 0 Å². The van der Waals surface area contributed by atoms with Gasteiger partial charge in [0.05, 0.1) is 7.11 Å². The number of carbonyl (C=O) groups is 1. The SMILES string of the molecule is COc1ccc(O)cc1-c1ccc(F)c2c1CN(C(=O)[C@@H]1C[C@H]1c1ccccc1)CC2. The number of carbonyl (C=O) groups excluding carboxylic acids is 1. The molecule has 0 radical (unpaired) electrons. The Morgan fingerprint density at radius 3 is 2.65 bits per heavy atom. The van der Waals surface area contributed by atoms with Crippen LogP contribution in [0.5, 0.6) is 11.5 Å². The molecule has 0 spiro atoms. The van der Waals surface area contributed by atoms with Crippen molar-refractivity contribution in [3.8, 4) is 22.6 Å². The van der Waals surface area contributed by atoms with Crippen LogP contribution in [0.25, 0.3) is 11.1 Å². The quantitative estimate of drug-likeness (QED) is 0.657. The van der Waals surface area contributed by atoms with E-state index in [4.69, 9.17) is 4.74 Å². The Hall–Kier alpha value is -3.34. The summed E-state index contributed by atoms with van der Waals surface area (Å²) in [6.45, 7) is 0.874. The van der Waals surface area contributed by atoms with Crippen molar-refractivity contribution in [3.05, 3.63) is 83.2 Å². The summed E-state index contributed by atoms with van der Waals surface area (Å²) in [6, 6.07) is 18.2. The van der Waals surface area contributed by atoms with Crippen LogP contribution in [0.15, 0.2) is 60.7 Å². The standard InChI is InChI=1S/C26H24FNO3/c1-31-25-10-7-17(29)13-21(25)18-8-9-24(27)19-11-12-28(15-23(18)19)26(30)22-14-20(22)16-5-3-2-4-6-16/h2-10,13,20,22,29H,11-12,14-15H2,1H3/t20-,22+/m0/s1. The van der Waals surface area contributed by atoms with Crippen LogP contribution < -0.4 is 4.74 Å². The number of rotatable bonds is 4. The van der Waals surface area contributed by atoms with E-state index in [-0.39, 0.29) is 29.3 Å². The zero-order valence-corrected chi connectivity index (χ0v) is 17.3. The second kappa shape index (κ2) is 7.73. The van der Waals surface area contributed by atoms with Crippen LogP contribution in [0.4, 0.5) is 4.39 Å². The van der Waals surface area contributed by atoms with Crippen molar-refractivity contribution in [2.24, 2.45) is 5.92 Å². The van der Waals surface area contributed by atoms with Crippen LogP contribution in [-0.4, -0.2) is 29.6 Å². The Balaban J connectivity index is 1.45. The molecule has 0 bridgehead atoms. The van der Waals surface area contributed by atoms with E-state index in [0.717, 1.165) is 17.5 Å². The number of phenols is 1. The van der Waals surface area contributed by atoms with Gasteiger partial charge in [-0.3, -0.25) is 4.79 Å². The molecule has 3 aromatic carbocycles. The smallest absolute Gasteiger partial charge is 0.226 e. The molecule has 1 amide bonds. The molecular formula is C26H24FNO3. The molecule has 0 unspecified atom stereocenters. The number of aromatic hydroxyl groups is 1. The highest BCUT2D eigenvalue weighted by molar-refractivity contribution is 5.84. The summed E-state index contributed by atoms with van der Waals surface area (Å²) in [5.74, 6) is 0.864. The molecular weight excluding hydrogens is 393 g/mol. The van der Waals surface area contributed by atoms with Gasteiger partial charge < -0.3 is 14.7 Å². The average Bonchev–Trinajstić information content (AvgIpc) is 3.60. The Kier molecular flexibility index (Phi) is 4.89. The molecule has 3 aromatic rings. The van der Waals surface area contributed by atoms with Crippen LogP contribution in [0.3, 0.4) is 0 Å². The molecule has 31 heavy (non-hydrogen) atoms. The molecule has 1 fully saturated rings. The van der Waals surface area contributed by atoms with Crippen molar-refractivity contribution in [3.63, 3.8) is 0 Å². The van der Waals surface area contributed by atoms with Crippen LogP contribution in [0, 0.1) is 11.7 Å². The van der Waals surface area contributed by atoms with Gasteiger partial charge in [0.15, 0.2) is 0 Å². The molecule has 1 saturated carbocycles. The molecule has 0 aromatic heterocycles. The van der Waals surface area contributed by atoms with Crippen molar-refractivity contribution in [2.75, 3.05) is 13.7 Å². The molecule has 5 heteroatoms. The van der Waals surface area contributed by atoms with Crippen molar-refractivity contribution in [1.82, 2.24) is 4.90 Å². The van der Waals surface area contributed by atoms with Crippen LogP contribution >= 0.6 is 0 Å². The number of hydrogen-bond acceptors (Lipinski definition) is 3. The van der Waals surface area contributed by atoms with Gasteiger partial charge in [0.2, 0.25) is 5.91 Å². The Labute approximate surface area is 180 Å². The maximum Gasteiger partial charge on any atom is 0.226 e. The highest BCUT2D eigenvalue weighted by Gasteiger charge is 2.46. The highest BCUT2D eigenvalue weighted by atomic mass is 19.1. The topological polar surface area (TPSA) is 49.8 Å². The number of halogens is 1. The first-order chi connectivity index (χ1) is 15.1. The van der Waals surface area contributed by atoms with E-state index in [0.29, 0.717) is 36.4 Å². The highest BCUT2D eigenvalue weighted by Crippen LogP contribution is 2.49. The van der Waals surface area contributed by atoms with Gasteiger partial charge >= 0.3 is 0 Å². The second-order valence-electron chi connectivity index (χ2n) is 8.31. The predicted octanol–water partition coefficient (Wildman–Crippen LogP) is 4.90. The van der Waals surface area contributed by atoms with Crippen molar-refractivity contribution >= 4 is 5.91 Å². The number of ether oxygens (including phenoxy) is 1. The largest absolute Gasteiger partial charge is 0.508 e. The molecule has 1 aliphatic heterocycles. The minimum absolute atomic E-state index is 0.00346. The normalized spacial score (nSPS) is 19.6. The summed E-state index contributed by atoms with van der Waals surface area (Å²) in [5.41, 5.74) is 4.12. The van der Waals surface area contributed by atoms with E-state index in [1.807, 2.05) is 23.1 Å². The summed E-state index contributed by atoms with van der Waals surface area (Å²) in [5, 5.41) is 10.0. The third-order valence-corrected chi connectivity index (χ3v) is 6.47. The molecule has 2 aliphatic rings. The van der Waals surface area contributed by atoms with Crippen molar-refractivity contribution < 1.29 is 19.0 Å². The van der Waals surface area contributed by atoms with Gasteiger partial charge in [-0.15, -0.1) is 0 Å². The molecule has 2 atom stereocenters. The molecule has 1 heterocycles. The lowest BCUT2D eigenvalue weighted by Crippen LogP contribution is -2.37. The number of hydrogen-bond donors (Lipinski definition) is 1. The third-order valence-electron chi connectivity index (χ3n) is 6.47. The Bertz CT molecular complexity index is 1140. The molecule has 5 rings (SSSR count). The number of phenolic OH excluding ortho intramolecular Hbond substituents is 1. The fourth-order valence-electron chi connectivity index (χ4n) is 4.75. The fraction of sp³-hybridized carbons (Fsp3) is 0.269. The van der Waals surface area contributed by atoms with E-state index >= 15 is 0 Å². The van der Waals surface area contributed by atoms with Crippen LogP contribution in [0.2, 0.25) is 0 Å². The van der Waals surface area contributed by atoms with Crippen molar-refractivity contribution in [2.45, 2.75) is 25.3 Å². The Morgan fingerprint density at radius 2 is 1.87 bits per heavy atom. The van der Waals surface area contributed by atoms with Gasteiger partial charge in [0.1, 0.15) is 17.3 Å². The molecule has 1 aliphatic carbocycles. The first-order valence-corrected chi connectivity index (χ1v) is 10.6. The van der Waals surface area contributed by atoms with Gasteiger partial charge in [0, 0.05) is 24.6 Å². The monoisotopic (exact) mass is 417 g/mol. The Morgan fingerprint density at radius 1 is 1.06 bits per heavy atom. The zero-order valence-electron chi connectivity index (χ0n) is 17.3. The number of benzene rings is 3.